The summed E-state index contributed by atoms with van der Waals surface area (Å²) >= 11 is 0. The highest BCUT2D eigenvalue weighted by Crippen LogP contribution is 2.13. The number of anilines is 1. The molecule has 6 heteroatoms. The number of nitrogens with one attached hydrogen (secondary N) is 1. The fourth-order valence-electron chi connectivity index (χ4n) is 2.09. The molecule has 2 atom stereocenters. The van der Waals surface area contributed by atoms with Crippen molar-refractivity contribution in [3.63, 3.8) is 0 Å². The van der Waals surface area contributed by atoms with Crippen LogP contribution in [0, 0.1) is 0 Å². The Morgan fingerprint density at radius 2 is 2.00 bits per heavy atom. The Labute approximate surface area is 106 Å². The number of hydrogen-bond donors (Lipinski definition) is 1. The molecular formula is C12H18N4O2. The molecule has 1 aliphatic heterocycles. The zero-order valence-electron chi connectivity index (χ0n) is 10.9. The second kappa shape index (κ2) is 5.30. The molecule has 2 unspecified atom stereocenters. The molecule has 1 aromatic heterocycles. The number of nitrogens with zero attached hydrogens (tertiary/aromatic N) is 3. The van der Waals surface area contributed by atoms with E-state index in [9.17, 15) is 4.79 Å². The maximum Gasteiger partial charge on any atom is 0.274 e. The summed E-state index contributed by atoms with van der Waals surface area (Å²) < 4.78 is 5.60. The number of hydrogen-bond acceptors (Lipinski definition) is 5. The van der Waals surface area contributed by atoms with E-state index in [4.69, 9.17) is 4.74 Å². The Bertz CT molecular complexity index is 411. The second-order valence-electron chi connectivity index (χ2n) is 4.52. The number of ether oxygens (including phenoxy) is 1. The van der Waals surface area contributed by atoms with Gasteiger partial charge in [-0.2, -0.15) is 0 Å². The average Bonchev–Trinajstić information content (AvgIpc) is 2.37. The van der Waals surface area contributed by atoms with Crippen LogP contribution in [-0.4, -0.2) is 53.3 Å². The number of morpholine rings is 1. The number of aromatic nitrogens is 2. The van der Waals surface area contributed by atoms with E-state index in [1.807, 2.05) is 13.8 Å². The van der Waals surface area contributed by atoms with Gasteiger partial charge in [0, 0.05) is 20.1 Å². The molecule has 0 spiro atoms. The van der Waals surface area contributed by atoms with Crippen molar-refractivity contribution in [2.24, 2.45) is 0 Å². The molecule has 1 aromatic rings. The van der Waals surface area contributed by atoms with Gasteiger partial charge >= 0.3 is 0 Å². The van der Waals surface area contributed by atoms with Crippen molar-refractivity contribution < 1.29 is 9.53 Å². The topological polar surface area (TPSA) is 67.4 Å². The highest BCUT2D eigenvalue weighted by molar-refractivity contribution is 5.92. The third-order valence-corrected chi connectivity index (χ3v) is 2.85. The van der Waals surface area contributed by atoms with Crippen molar-refractivity contribution in [2.75, 3.05) is 25.5 Å². The van der Waals surface area contributed by atoms with Crippen LogP contribution in [0.3, 0.4) is 0 Å². The van der Waals surface area contributed by atoms with Gasteiger partial charge in [-0.15, -0.1) is 10.2 Å². The normalized spacial score (nSPS) is 23.8. The second-order valence-corrected chi connectivity index (χ2v) is 4.52. The molecule has 6 nitrogen and oxygen atoms in total. The van der Waals surface area contributed by atoms with Crippen LogP contribution >= 0.6 is 0 Å². The van der Waals surface area contributed by atoms with Crippen LogP contribution in [0.25, 0.3) is 0 Å². The van der Waals surface area contributed by atoms with Gasteiger partial charge in [0.05, 0.1) is 12.2 Å². The van der Waals surface area contributed by atoms with Crippen molar-refractivity contribution in [3.8, 4) is 0 Å². The minimum Gasteiger partial charge on any atom is -0.372 e. The summed E-state index contributed by atoms with van der Waals surface area (Å²) in [5.41, 5.74) is 0.371. The van der Waals surface area contributed by atoms with Crippen LogP contribution < -0.4 is 5.32 Å². The first kappa shape index (κ1) is 12.8. The van der Waals surface area contributed by atoms with E-state index >= 15 is 0 Å². The van der Waals surface area contributed by atoms with Gasteiger partial charge in [0.25, 0.3) is 5.91 Å². The molecule has 1 N–H and O–H groups in total. The maximum absolute atomic E-state index is 12.2. The first-order valence-electron chi connectivity index (χ1n) is 6.06. The first-order chi connectivity index (χ1) is 8.60. The van der Waals surface area contributed by atoms with Crippen molar-refractivity contribution in [1.82, 2.24) is 15.1 Å². The quantitative estimate of drug-likeness (QED) is 0.839. The Kier molecular flexibility index (Phi) is 3.76. The Balaban J connectivity index is 2.09. The third-order valence-electron chi connectivity index (χ3n) is 2.85. The lowest BCUT2D eigenvalue weighted by Gasteiger charge is -2.35. The maximum atomic E-state index is 12.2. The lowest BCUT2D eigenvalue weighted by molar-refractivity contribution is -0.0587. The highest BCUT2D eigenvalue weighted by atomic mass is 16.5. The van der Waals surface area contributed by atoms with E-state index in [-0.39, 0.29) is 18.1 Å². The summed E-state index contributed by atoms with van der Waals surface area (Å²) in [7, 11) is 1.76. The number of rotatable bonds is 2. The van der Waals surface area contributed by atoms with E-state index in [0.717, 1.165) is 0 Å². The van der Waals surface area contributed by atoms with Crippen LogP contribution in [0.5, 0.6) is 0 Å². The van der Waals surface area contributed by atoms with Crippen LogP contribution in [0.15, 0.2) is 12.1 Å². The molecule has 0 radical (unpaired) electrons. The van der Waals surface area contributed by atoms with E-state index in [1.54, 1.807) is 24.1 Å². The molecule has 1 fully saturated rings. The fraction of sp³-hybridized carbons (Fsp3) is 0.583. The van der Waals surface area contributed by atoms with Crippen LogP contribution in [-0.2, 0) is 4.74 Å². The van der Waals surface area contributed by atoms with Gasteiger partial charge in [-0.1, -0.05) is 0 Å². The van der Waals surface area contributed by atoms with Gasteiger partial charge < -0.3 is 15.0 Å². The lowest BCUT2D eigenvalue weighted by atomic mass is 10.2. The molecular weight excluding hydrogens is 232 g/mol. The molecule has 2 rings (SSSR count). The van der Waals surface area contributed by atoms with Crippen LogP contribution in [0.4, 0.5) is 5.82 Å². The Morgan fingerprint density at radius 3 is 2.50 bits per heavy atom. The first-order valence-corrected chi connectivity index (χ1v) is 6.06. The molecule has 0 saturated carbocycles. The Morgan fingerprint density at radius 1 is 1.33 bits per heavy atom. The molecule has 1 aliphatic rings. The van der Waals surface area contributed by atoms with Crippen molar-refractivity contribution in [1.29, 1.82) is 0 Å². The number of carbonyl (C=O) groups excluding carboxylic acids is 1. The summed E-state index contributed by atoms with van der Waals surface area (Å²) in [4.78, 5) is 14.0. The molecule has 0 aliphatic carbocycles. The summed E-state index contributed by atoms with van der Waals surface area (Å²) in [5.74, 6) is 0.558. The molecule has 2 heterocycles. The van der Waals surface area contributed by atoms with E-state index in [0.29, 0.717) is 24.6 Å². The van der Waals surface area contributed by atoms with Crippen LogP contribution in [0.2, 0.25) is 0 Å². The van der Waals surface area contributed by atoms with E-state index in [1.165, 1.54) is 0 Å². The standard InChI is InChI=1S/C12H18N4O2/c1-8-6-16(7-9(2)18-8)12(17)10-4-5-11(13-3)15-14-10/h4-5,8-9H,6-7H2,1-3H3,(H,13,15). The summed E-state index contributed by atoms with van der Waals surface area (Å²) in [6.45, 7) is 5.12. The molecule has 1 saturated heterocycles. The monoisotopic (exact) mass is 250 g/mol. The lowest BCUT2D eigenvalue weighted by Crippen LogP contribution is -2.48. The third kappa shape index (κ3) is 2.76. The zero-order valence-corrected chi connectivity index (χ0v) is 10.9. The smallest absolute Gasteiger partial charge is 0.274 e. The highest BCUT2D eigenvalue weighted by Gasteiger charge is 2.27. The van der Waals surface area contributed by atoms with Gasteiger partial charge in [-0.25, -0.2) is 0 Å². The van der Waals surface area contributed by atoms with Crippen molar-refractivity contribution in [2.45, 2.75) is 26.1 Å². The molecule has 1 amide bonds. The predicted octanol–water partition coefficient (Wildman–Crippen LogP) is 0.768. The molecule has 98 valence electrons. The summed E-state index contributed by atoms with van der Waals surface area (Å²) in [6, 6.07) is 3.43. The molecule has 0 bridgehead atoms. The van der Waals surface area contributed by atoms with Crippen molar-refractivity contribution in [3.05, 3.63) is 17.8 Å². The van der Waals surface area contributed by atoms with Gasteiger partial charge in [0.1, 0.15) is 5.82 Å². The largest absolute Gasteiger partial charge is 0.372 e. The SMILES string of the molecule is CNc1ccc(C(=O)N2CC(C)OC(C)C2)nn1. The molecule has 18 heavy (non-hydrogen) atoms. The van der Waals surface area contributed by atoms with E-state index < -0.39 is 0 Å². The van der Waals surface area contributed by atoms with Gasteiger partial charge in [0.2, 0.25) is 0 Å². The summed E-state index contributed by atoms with van der Waals surface area (Å²) in [5, 5.41) is 10.7. The zero-order chi connectivity index (χ0) is 13.1. The number of amides is 1. The van der Waals surface area contributed by atoms with Gasteiger partial charge in [0.15, 0.2) is 5.69 Å². The predicted molar refractivity (Wildman–Crippen MR) is 67.5 cm³/mol. The van der Waals surface area contributed by atoms with E-state index in [2.05, 4.69) is 15.5 Å². The minimum absolute atomic E-state index is 0.0576. The van der Waals surface area contributed by atoms with Gasteiger partial charge in [-0.3, -0.25) is 4.79 Å². The fourth-order valence-corrected chi connectivity index (χ4v) is 2.09. The molecule has 0 aromatic carbocycles. The number of carbonyl (C=O) groups is 1. The van der Waals surface area contributed by atoms with Crippen LogP contribution in [0.1, 0.15) is 24.3 Å². The van der Waals surface area contributed by atoms with Crippen molar-refractivity contribution >= 4 is 11.7 Å². The Hall–Kier alpha value is -1.69. The summed E-state index contributed by atoms with van der Waals surface area (Å²) in [6.07, 6.45) is 0.115. The average molecular weight is 250 g/mol. The van der Waals surface area contributed by atoms with Gasteiger partial charge in [-0.05, 0) is 26.0 Å². The minimum atomic E-state index is -0.0906.